The summed E-state index contributed by atoms with van der Waals surface area (Å²) in [5, 5.41) is 2.03. The summed E-state index contributed by atoms with van der Waals surface area (Å²) in [4.78, 5) is 19.8. The molecule has 4 heteroatoms. The molecule has 0 heterocycles. The molecule has 0 saturated heterocycles. The summed E-state index contributed by atoms with van der Waals surface area (Å²) >= 11 is 0.149. The van der Waals surface area contributed by atoms with Gasteiger partial charge in [0.1, 0.15) is 0 Å². The van der Waals surface area contributed by atoms with Crippen LogP contribution in [0.1, 0.15) is 53.4 Å². The van der Waals surface area contributed by atoms with Gasteiger partial charge in [-0.25, -0.2) is 0 Å². The van der Waals surface area contributed by atoms with E-state index in [4.69, 9.17) is 0 Å². The topological polar surface area (TPSA) is 46.2 Å². The number of carbonyl (C=O) groups is 2. The van der Waals surface area contributed by atoms with E-state index in [1.165, 1.54) is 39.5 Å². The van der Waals surface area contributed by atoms with Gasteiger partial charge in [-0.1, -0.05) is 0 Å². The van der Waals surface area contributed by atoms with E-state index in [2.05, 4.69) is 13.8 Å². The van der Waals surface area contributed by atoms with Crippen molar-refractivity contribution in [2.75, 3.05) is 0 Å². The van der Waals surface area contributed by atoms with Crippen LogP contribution in [0.25, 0.3) is 0 Å². The zero-order chi connectivity index (χ0) is 12.8. The van der Waals surface area contributed by atoms with E-state index >= 15 is 0 Å². The first-order valence-corrected chi connectivity index (χ1v) is 10.1. The van der Waals surface area contributed by atoms with Gasteiger partial charge in [0.25, 0.3) is 0 Å². The van der Waals surface area contributed by atoms with Gasteiger partial charge in [0, 0.05) is 13.8 Å². The molecule has 94 valence electrons. The van der Waals surface area contributed by atoms with Crippen molar-refractivity contribution in [3.8, 4) is 0 Å². The van der Waals surface area contributed by atoms with Crippen molar-refractivity contribution in [2.24, 2.45) is 0 Å². The van der Waals surface area contributed by atoms with E-state index < -0.39 is 0 Å². The van der Waals surface area contributed by atoms with Crippen molar-refractivity contribution in [2.45, 2.75) is 62.3 Å². The summed E-state index contributed by atoms with van der Waals surface area (Å²) in [5.41, 5.74) is 0. The van der Waals surface area contributed by atoms with Crippen LogP contribution in [0.4, 0.5) is 0 Å². The minimum absolute atomic E-state index is 0.149. The second kappa shape index (κ2) is 14.9. The van der Waals surface area contributed by atoms with Crippen molar-refractivity contribution in [3.63, 3.8) is 0 Å². The fourth-order valence-corrected chi connectivity index (χ4v) is 5.14. The first kappa shape index (κ1) is 18.3. The molecule has 0 aromatic rings. The Hall–Kier alpha value is -0.0613. The Morgan fingerprint density at radius 2 is 1.31 bits per heavy atom. The SMILES string of the molecule is CC(=O)NC(C)=O.CCC[CH2][Sn][CH2]CCC. The molecule has 2 amide bonds. The first-order chi connectivity index (χ1) is 7.54. The monoisotopic (exact) mass is 335 g/mol. The third-order valence-electron chi connectivity index (χ3n) is 1.77. The first-order valence-electron chi connectivity index (χ1n) is 6.03. The van der Waals surface area contributed by atoms with Gasteiger partial charge >= 0.3 is 69.5 Å². The Balaban J connectivity index is 0. The van der Waals surface area contributed by atoms with Gasteiger partial charge in [0.2, 0.25) is 11.8 Å². The van der Waals surface area contributed by atoms with E-state index in [0.717, 1.165) is 0 Å². The Morgan fingerprint density at radius 1 is 0.938 bits per heavy atom. The standard InChI is InChI=1S/C4H7NO2.2C4H9.Sn/c1-3(6)5-4(2)7;2*1-3-4-2;/h1-2H3,(H,5,6,7);2*1,3-4H2,2H3;. The number of hydrogen-bond acceptors (Lipinski definition) is 2. The quantitative estimate of drug-likeness (QED) is 0.600. The predicted molar refractivity (Wildman–Crippen MR) is 69.7 cm³/mol. The molecule has 0 spiro atoms. The molecule has 16 heavy (non-hydrogen) atoms. The molecule has 0 aliphatic heterocycles. The molecule has 0 aliphatic carbocycles. The van der Waals surface area contributed by atoms with Gasteiger partial charge in [-0.2, -0.15) is 0 Å². The van der Waals surface area contributed by atoms with Gasteiger partial charge in [-0.15, -0.1) is 0 Å². The second-order valence-corrected chi connectivity index (χ2v) is 7.98. The summed E-state index contributed by atoms with van der Waals surface area (Å²) in [5.74, 6) is -0.625. The minimum atomic E-state index is -0.312. The molecular formula is C12H25NO2Sn. The zero-order valence-corrected chi connectivity index (χ0v) is 13.9. The van der Waals surface area contributed by atoms with Crippen LogP contribution in [0, 0.1) is 0 Å². The summed E-state index contributed by atoms with van der Waals surface area (Å²) in [6.45, 7) is 7.17. The molecule has 2 radical (unpaired) electrons. The zero-order valence-electron chi connectivity index (χ0n) is 11.1. The second-order valence-electron chi connectivity index (χ2n) is 3.69. The Bertz CT molecular complexity index is 166. The molecule has 3 nitrogen and oxygen atoms in total. The Labute approximate surface area is 110 Å². The molecule has 0 atom stereocenters. The summed E-state index contributed by atoms with van der Waals surface area (Å²) in [7, 11) is 0. The van der Waals surface area contributed by atoms with E-state index in [0.29, 0.717) is 0 Å². The molecule has 0 aliphatic rings. The normalized spacial score (nSPS) is 9.00. The number of unbranched alkanes of at least 4 members (excludes halogenated alkanes) is 2. The maximum absolute atomic E-state index is 9.92. The van der Waals surface area contributed by atoms with E-state index in [1.54, 1.807) is 8.87 Å². The number of amides is 2. The van der Waals surface area contributed by atoms with Crippen LogP contribution in [0.15, 0.2) is 0 Å². The molecule has 0 aromatic carbocycles. The number of nitrogens with one attached hydrogen (secondary N) is 1. The molecule has 0 saturated carbocycles. The van der Waals surface area contributed by atoms with Crippen molar-refractivity contribution in [1.82, 2.24) is 5.32 Å². The summed E-state index contributed by atoms with van der Waals surface area (Å²) in [6.07, 6.45) is 5.84. The molecule has 0 rings (SSSR count). The summed E-state index contributed by atoms with van der Waals surface area (Å²) < 4.78 is 3.25. The molecule has 0 fully saturated rings. The molecule has 0 bridgehead atoms. The van der Waals surface area contributed by atoms with Crippen molar-refractivity contribution >= 4 is 33.0 Å². The van der Waals surface area contributed by atoms with E-state index in [9.17, 15) is 9.59 Å². The molecular weight excluding hydrogens is 309 g/mol. The van der Waals surface area contributed by atoms with Crippen LogP contribution in [-0.4, -0.2) is 33.0 Å². The fraction of sp³-hybridized carbons (Fsp3) is 0.833. The number of hydrogen-bond donors (Lipinski definition) is 1. The van der Waals surface area contributed by atoms with Gasteiger partial charge in [0.05, 0.1) is 0 Å². The average molecular weight is 334 g/mol. The molecule has 0 unspecified atom stereocenters. The third-order valence-corrected chi connectivity index (χ3v) is 5.80. The van der Waals surface area contributed by atoms with E-state index in [-0.39, 0.29) is 33.0 Å². The number of imide groups is 1. The van der Waals surface area contributed by atoms with Crippen LogP contribution in [0.3, 0.4) is 0 Å². The van der Waals surface area contributed by atoms with Crippen molar-refractivity contribution in [3.05, 3.63) is 0 Å². The predicted octanol–water partition coefficient (Wildman–Crippen LogP) is 2.80. The van der Waals surface area contributed by atoms with Crippen LogP contribution in [0.5, 0.6) is 0 Å². The fourth-order valence-electron chi connectivity index (χ4n) is 0.976. The van der Waals surface area contributed by atoms with Gasteiger partial charge < -0.3 is 0 Å². The van der Waals surface area contributed by atoms with E-state index in [1.807, 2.05) is 5.32 Å². The number of carbonyl (C=O) groups excluding carboxylic acids is 2. The Kier molecular flexibility index (Phi) is 17.1. The van der Waals surface area contributed by atoms with Crippen molar-refractivity contribution < 1.29 is 9.59 Å². The van der Waals surface area contributed by atoms with Crippen LogP contribution in [0.2, 0.25) is 8.87 Å². The van der Waals surface area contributed by atoms with Gasteiger partial charge in [0.15, 0.2) is 0 Å². The van der Waals surface area contributed by atoms with Crippen LogP contribution >= 0.6 is 0 Å². The molecule has 1 N–H and O–H groups in total. The van der Waals surface area contributed by atoms with Gasteiger partial charge in [-0.3, -0.25) is 14.9 Å². The maximum atomic E-state index is 9.92. The number of rotatable bonds is 6. The van der Waals surface area contributed by atoms with Gasteiger partial charge in [-0.05, 0) is 0 Å². The summed E-state index contributed by atoms with van der Waals surface area (Å²) in [6, 6.07) is 0. The van der Waals surface area contributed by atoms with Crippen molar-refractivity contribution in [1.29, 1.82) is 0 Å². The Morgan fingerprint density at radius 3 is 1.50 bits per heavy atom. The van der Waals surface area contributed by atoms with Crippen LogP contribution in [-0.2, 0) is 9.59 Å². The molecule has 0 aromatic heterocycles. The van der Waals surface area contributed by atoms with Crippen LogP contribution < -0.4 is 5.32 Å². The average Bonchev–Trinajstić information content (AvgIpc) is 2.16. The third kappa shape index (κ3) is 23.6.